The van der Waals surface area contributed by atoms with Crippen molar-refractivity contribution in [2.75, 3.05) is 10.6 Å². The number of anilines is 2. The molecule has 0 bridgehead atoms. The Balaban J connectivity index is 1.77. The van der Waals surface area contributed by atoms with Crippen molar-refractivity contribution in [3.8, 4) is 0 Å². The molecule has 0 atom stereocenters. The van der Waals surface area contributed by atoms with E-state index >= 15 is 0 Å². The SMILES string of the molecule is Cc1nnc(NC(=O)CCC(=O)Nc2cccc(Cl)c2)s1. The molecule has 2 amide bonds. The van der Waals surface area contributed by atoms with Crippen molar-refractivity contribution in [1.29, 1.82) is 0 Å². The molecule has 2 N–H and O–H groups in total. The third-order valence-corrected chi connectivity index (χ3v) is 3.45. The molecule has 2 aromatic rings. The van der Waals surface area contributed by atoms with Crippen LogP contribution in [0.3, 0.4) is 0 Å². The van der Waals surface area contributed by atoms with Crippen LogP contribution in [0.25, 0.3) is 0 Å². The maximum atomic E-state index is 11.7. The van der Waals surface area contributed by atoms with Crippen molar-refractivity contribution in [2.45, 2.75) is 19.8 Å². The number of halogens is 1. The minimum absolute atomic E-state index is 0.0744. The summed E-state index contributed by atoms with van der Waals surface area (Å²) in [6, 6.07) is 6.83. The Bertz CT molecular complexity index is 659. The first-order valence-electron chi connectivity index (χ1n) is 6.18. The highest BCUT2D eigenvalue weighted by molar-refractivity contribution is 7.15. The van der Waals surface area contributed by atoms with Crippen molar-refractivity contribution in [3.63, 3.8) is 0 Å². The summed E-state index contributed by atoms with van der Waals surface area (Å²) >= 11 is 7.11. The number of carbonyl (C=O) groups is 2. The fraction of sp³-hybridized carbons (Fsp3) is 0.231. The smallest absolute Gasteiger partial charge is 0.226 e. The number of aromatic nitrogens is 2. The molecular formula is C13H13ClN4O2S. The molecular weight excluding hydrogens is 312 g/mol. The van der Waals surface area contributed by atoms with Gasteiger partial charge in [-0.15, -0.1) is 10.2 Å². The topological polar surface area (TPSA) is 84.0 Å². The summed E-state index contributed by atoms with van der Waals surface area (Å²) in [7, 11) is 0. The highest BCUT2D eigenvalue weighted by atomic mass is 35.5. The van der Waals surface area contributed by atoms with Gasteiger partial charge in [-0.1, -0.05) is 29.0 Å². The first-order chi connectivity index (χ1) is 10.0. The molecule has 110 valence electrons. The number of benzene rings is 1. The Morgan fingerprint density at radius 3 is 2.52 bits per heavy atom. The Hall–Kier alpha value is -1.99. The van der Waals surface area contributed by atoms with E-state index < -0.39 is 0 Å². The quantitative estimate of drug-likeness (QED) is 0.885. The van der Waals surface area contributed by atoms with Gasteiger partial charge in [-0.2, -0.15) is 0 Å². The minimum atomic E-state index is -0.271. The molecule has 21 heavy (non-hydrogen) atoms. The number of nitrogens with zero attached hydrogens (tertiary/aromatic N) is 2. The number of hydrogen-bond acceptors (Lipinski definition) is 5. The third-order valence-electron chi connectivity index (χ3n) is 2.46. The Morgan fingerprint density at radius 2 is 1.90 bits per heavy atom. The van der Waals surface area contributed by atoms with Crippen molar-refractivity contribution in [2.24, 2.45) is 0 Å². The molecule has 6 nitrogen and oxygen atoms in total. The third kappa shape index (κ3) is 5.13. The molecule has 0 fully saturated rings. The average molecular weight is 325 g/mol. The normalized spacial score (nSPS) is 10.2. The standard InChI is InChI=1S/C13H13ClN4O2S/c1-8-17-18-13(21-8)16-12(20)6-5-11(19)15-10-4-2-3-9(14)7-10/h2-4,7H,5-6H2,1H3,(H,15,19)(H,16,18,20). The van der Waals surface area contributed by atoms with E-state index in [1.807, 2.05) is 0 Å². The van der Waals surface area contributed by atoms with Crippen molar-refractivity contribution >= 4 is 45.6 Å². The van der Waals surface area contributed by atoms with Crippen molar-refractivity contribution in [3.05, 3.63) is 34.3 Å². The maximum absolute atomic E-state index is 11.7. The van der Waals surface area contributed by atoms with E-state index in [4.69, 9.17) is 11.6 Å². The highest BCUT2D eigenvalue weighted by Gasteiger charge is 2.09. The molecule has 0 saturated carbocycles. The van der Waals surface area contributed by atoms with Crippen LogP contribution in [0.4, 0.5) is 10.8 Å². The molecule has 1 aromatic heterocycles. The minimum Gasteiger partial charge on any atom is -0.326 e. The van der Waals surface area contributed by atoms with Gasteiger partial charge in [-0.05, 0) is 25.1 Å². The number of nitrogens with one attached hydrogen (secondary N) is 2. The number of hydrogen-bond donors (Lipinski definition) is 2. The molecule has 0 spiro atoms. The first kappa shape index (κ1) is 15.4. The van der Waals surface area contributed by atoms with Crippen LogP contribution in [0.2, 0.25) is 5.02 Å². The van der Waals surface area contributed by atoms with E-state index in [1.54, 1.807) is 31.2 Å². The van der Waals surface area contributed by atoms with Gasteiger partial charge < -0.3 is 10.6 Å². The van der Waals surface area contributed by atoms with Gasteiger partial charge >= 0.3 is 0 Å². The van der Waals surface area contributed by atoms with Crippen LogP contribution in [0, 0.1) is 6.92 Å². The van der Waals surface area contributed by atoms with Gasteiger partial charge in [0.2, 0.25) is 16.9 Å². The van der Waals surface area contributed by atoms with E-state index in [0.29, 0.717) is 15.8 Å². The monoisotopic (exact) mass is 324 g/mol. The van der Waals surface area contributed by atoms with E-state index in [0.717, 1.165) is 5.01 Å². The van der Waals surface area contributed by atoms with Gasteiger partial charge in [0.15, 0.2) is 0 Å². The van der Waals surface area contributed by atoms with E-state index in [-0.39, 0.29) is 24.7 Å². The van der Waals surface area contributed by atoms with Gasteiger partial charge in [0, 0.05) is 23.6 Å². The van der Waals surface area contributed by atoms with Gasteiger partial charge in [0.25, 0.3) is 0 Å². The van der Waals surface area contributed by atoms with Crippen molar-refractivity contribution in [1.82, 2.24) is 10.2 Å². The fourth-order valence-electron chi connectivity index (χ4n) is 1.55. The first-order valence-corrected chi connectivity index (χ1v) is 7.38. The van der Waals surface area contributed by atoms with Gasteiger partial charge in [0.1, 0.15) is 5.01 Å². The summed E-state index contributed by atoms with van der Waals surface area (Å²) in [4.78, 5) is 23.4. The largest absolute Gasteiger partial charge is 0.326 e. The summed E-state index contributed by atoms with van der Waals surface area (Å²) in [5.41, 5.74) is 0.604. The summed E-state index contributed by atoms with van der Waals surface area (Å²) in [6.45, 7) is 1.80. The van der Waals surface area contributed by atoms with Crippen LogP contribution in [-0.2, 0) is 9.59 Å². The molecule has 2 rings (SSSR count). The second-order valence-corrected chi connectivity index (χ2v) is 5.85. The van der Waals surface area contributed by atoms with Crippen LogP contribution >= 0.6 is 22.9 Å². The summed E-state index contributed by atoms with van der Waals surface area (Å²) in [5, 5.41) is 14.6. The van der Waals surface area contributed by atoms with E-state index in [9.17, 15) is 9.59 Å². The number of rotatable bonds is 5. The Labute approximate surface area is 130 Å². The average Bonchev–Trinajstić information content (AvgIpc) is 2.82. The number of aryl methyl sites for hydroxylation is 1. The Kier molecular flexibility index (Phi) is 5.24. The zero-order chi connectivity index (χ0) is 15.2. The predicted octanol–water partition coefficient (Wildman–Crippen LogP) is 2.86. The number of carbonyl (C=O) groups excluding carboxylic acids is 2. The molecule has 1 heterocycles. The molecule has 1 aromatic carbocycles. The zero-order valence-electron chi connectivity index (χ0n) is 11.2. The molecule has 0 aliphatic carbocycles. The highest BCUT2D eigenvalue weighted by Crippen LogP contribution is 2.16. The second kappa shape index (κ2) is 7.14. The zero-order valence-corrected chi connectivity index (χ0v) is 12.8. The lowest BCUT2D eigenvalue weighted by Gasteiger charge is -2.05. The second-order valence-electron chi connectivity index (χ2n) is 4.23. The molecule has 8 heteroatoms. The molecule has 0 unspecified atom stereocenters. The van der Waals surface area contributed by atoms with Crippen LogP contribution in [0.1, 0.15) is 17.8 Å². The van der Waals surface area contributed by atoms with E-state index in [2.05, 4.69) is 20.8 Å². The molecule has 0 radical (unpaired) electrons. The van der Waals surface area contributed by atoms with E-state index in [1.165, 1.54) is 11.3 Å². The molecule has 0 saturated heterocycles. The molecule has 0 aliphatic rings. The number of amides is 2. The van der Waals surface area contributed by atoms with Crippen LogP contribution in [0.15, 0.2) is 24.3 Å². The summed E-state index contributed by atoms with van der Waals surface area (Å²) < 4.78 is 0. The van der Waals surface area contributed by atoms with Gasteiger partial charge in [-0.25, -0.2) is 0 Å². The summed E-state index contributed by atoms with van der Waals surface area (Å²) in [6.07, 6.45) is 0.154. The fourth-order valence-corrected chi connectivity index (χ4v) is 2.34. The lowest BCUT2D eigenvalue weighted by Crippen LogP contribution is -2.17. The van der Waals surface area contributed by atoms with Crippen molar-refractivity contribution < 1.29 is 9.59 Å². The lowest BCUT2D eigenvalue weighted by atomic mass is 10.2. The lowest BCUT2D eigenvalue weighted by molar-refractivity contribution is -0.121. The van der Waals surface area contributed by atoms with Crippen LogP contribution in [-0.4, -0.2) is 22.0 Å². The van der Waals surface area contributed by atoms with Crippen LogP contribution in [0.5, 0.6) is 0 Å². The predicted molar refractivity (Wildman–Crippen MR) is 82.6 cm³/mol. The Morgan fingerprint density at radius 1 is 1.19 bits per heavy atom. The van der Waals surface area contributed by atoms with Gasteiger partial charge in [-0.3, -0.25) is 9.59 Å². The maximum Gasteiger partial charge on any atom is 0.226 e. The molecule has 0 aliphatic heterocycles. The van der Waals surface area contributed by atoms with Gasteiger partial charge in [0.05, 0.1) is 0 Å². The van der Waals surface area contributed by atoms with Crippen LogP contribution < -0.4 is 10.6 Å². The summed E-state index contributed by atoms with van der Waals surface area (Å²) in [5.74, 6) is -0.520.